The Morgan fingerprint density at radius 2 is 2.06 bits per heavy atom. The van der Waals surface area contributed by atoms with Crippen LogP contribution in [-0.2, 0) is 0 Å². The molecule has 1 rings (SSSR count). The largest absolute Gasteiger partial charge is 0.490 e. The summed E-state index contributed by atoms with van der Waals surface area (Å²) in [6.45, 7) is 9.37. The number of hydrogen-bond acceptors (Lipinski definition) is 3. The number of rotatable bonds is 10. The number of ether oxygens (including phenoxy) is 1. The van der Waals surface area contributed by atoms with Crippen molar-refractivity contribution in [2.75, 3.05) is 19.7 Å². The molecule has 0 aliphatic carbocycles. The average Bonchev–Trinajstić information content (AvgIpc) is 2.81. The number of aromatic nitrogens is 2. The fourth-order valence-corrected chi connectivity index (χ4v) is 1.75. The molecule has 0 amide bonds. The molecule has 0 aromatic carbocycles. The van der Waals surface area contributed by atoms with Crippen LogP contribution in [0.25, 0.3) is 0 Å². The maximum atomic E-state index is 5.67. The molecule has 4 heteroatoms. The number of unbranched alkanes of at least 4 members (excludes halogenated alkanes) is 3. The highest BCUT2D eigenvalue weighted by Crippen LogP contribution is 2.13. The maximum absolute atomic E-state index is 5.67. The lowest BCUT2D eigenvalue weighted by Crippen LogP contribution is -2.13. The van der Waals surface area contributed by atoms with Crippen molar-refractivity contribution >= 4 is 0 Å². The molecule has 0 radical (unpaired) electrons. The van der Waals surface area contributed by atoms with Crippen LogP contribution in [0.1, 0.15) is 52.5 Å². The van der Waals surface area contributed by atoms with E-state index < -0.39 is 0 Å². The van der Waals surface area contributed by atoms with Gasteiger partial charge in [0, 0.05) is 6.04 Å². The Morgan fingerprint density at radius 3 is 2.72 bits per heavy atom. The van der Waals surface area contributed by atoms with E-state index in [0.29, 0.717) is 6.04 Å². The molecule has 1 N–H and O–H groups in total. The fourth-order valence-electron chi connectivity index (χ4n) is 1.75. The predicted octanol–water partition coefficient (Wildman–Crippen LogP) is 3.01. The molecule has 0 saturated heterocycles. The minimum atomic E-state index is 0.397. The normalized spacial score (nSPS) is 11.1. The van der Waals surface area contributed by atoms with E-state index in [0.717, 1.165) is 31.9 Å². The summed E-state index contributed by atoms with van der Waals surface area (Å²) in [5.74, 6) is 0.886. The van der Waals surface area contributed by atoms with Crippen LogP contribution in [0, 0.1) is 0 Å². The van der Waals surface area contributed by atoms with Gasteiger partial charge in [0.15, 0.2) is 5.75 Å². The van der Waals surface area contributed by atoms with Crippen molar-refractivity contribution in [1.82, 2.24) is 15.1 Å². The van der Waals surface area contributed by atoms with Gasteiger partial charge in [0.25, 0.3) is 0 Å². The quantitative estimate of drug-likeness (QED) is 0.651. The van der Waals surface area contributed by atoms with Crippen molar-refractivity contribution in [1.29, 1.82) is 0 Å². The standard InChI is InChI=1S/C14H27N3O/c1-4-15-9-7-5-6-8-10-18-14-11-16-17(12-14)13(2)3/h11-13,15H,4-10H2,1-3H3. The second kappa shape index (κ2) is 8.97. The van der Waals surface area contributed by atoms with Crippen molar-refractivity contribution in [3.63, 3.8) is 0 Å². The summed E-state index contributed by atoms with van der Waals surface area (Å²) in [5, 5.41) is 7.58. The van der Waals surface area contributed by atoms with Crippen LogP contribution in [0.2, 0.25) is 0 Å². The number of hydrogen-bond donors (Lipinski definition) is 1. The molecule has 0 atom stereocenters. The molecule has 4 nitrogen and oxygen atoms in total. The van der Waals surface area contributed by atoms with Crippen molar-refractivity contribution < 1.29 is 4.74 Å². The molecular weight excluding hydrogens is 226 g/mol. The number of nitrogens with one attached hydrogen (secondary N) is 1. The molecule has 0 saturated carbocycles. The lowest BCUT2D eigenvalue weighted by Gasteiger charge is -2.05. The van der Waals surface area contributed by atoms with Crippen LogP contribution in [0.4, 0.5) is 0 Å². The zero-order chi connectivity index (χ0) is 13.2. The third-order valence-electron chi connectivity index (χ3n) is 2.87. The Labute approximate surface area is 111 Å². The molecule has 0 aliphatic rings. The van der Waals surface area contributed by atoms with Crippen LogP contribution >= 0.6 is 0 Å². The van der Waals surface area contributed by atoms with Gasteiger partial charge in [-0.3, -0.25) is 4.68 Å². The minimum Gasteiger partial charge on any atom is -0.490 e. The summed E-state index contributed by atoms with van der Waals surface area (Å²) in [4.78, 5) is 0. The molecule has 0 unspecified atom stereocenters. The Bertz CT molecular complexity index is 310. The Morgan fingerprint density at radius 1 is 1.28 bits per heavy atom. The smallest absolute Gasteiger partial charge is 0.157 e. The van der Waals surface area contributed by atoms with E-state index in [1.54, 1.807) is 6.20 Å². The van der Waals surface area contributed by atoms with Crippen molar-refractivity contribution in [2.45, 2.75) is 52.5 Å². The maximum Gasteiger partial charge on any atom is 0.157 e. The third-order valence-corrected chi connectivity index (χ3v) is 2.87. The lowest BCUT2D eigenvalue weighted by atomic mass is 10.2. The van der Waals surface area contributed by atoms with E-state index in [4.69, 9.17) is 4.74 Å². The number of nitrogens with zero attached hydrogens (tertiary/aromatic N) is 2. The molecule has 1 heterocycles. The molecule has 104 valence electrons. The van der Waals surface area contributed by atoms with Crippen LogP contribution in [0.3, 0.4) is 0 Å². The van der Waals surface area contributed by atoms with Gasteiger partial charge in [-0.05, 0) is 39.8 Å². The molecule has 18 heavy (non-hydrogen) atoms. The van der Waals surface area contributed by atoms with Crippen LogP contribution < -0.4 is 10.1 Å². The van der Waals surface area contributed by atoms with E-state index >= 15 is 0 Å². The summed E-state index contributed by atoms with van der Waals surface area (Å²) < 4.78 is 7.59. The van der Waals surface area contributed by atoms with E-state index in [1.165, 1.54) is 19.3 Å². The fraction of sp³-hybridized carbons (Fsp3) is 0.786. The first kappa shape index (κ1) is 15.0. The monoisotopic (exact) mass is 253 g/mol. The van der Waals surface area contributed by atoms with Gasteiger partial charge >= 0.3 is 0 Å². The van der Waals surface area contributed by atoms with Crippen molar-refractivity contribution in [3.8, 4) is 5.75 Å². The average molecular weight is 253 g/mol. The molecule has 0 spiro atoms. The second-order valence-corrected chi connectivity index (χ2v) is 4.87. The SMILES string of the molecule is CCNCCCCCCOc1cnn(C(C)C)c1. The van der Waals surface area contributed by atoms with Gasteiger partial charge in [-0.25, -0.2) is 0 Å². The molecule has 0 fully saturated rings. The van der Waals surface area contributed by atoms with Gasteiger partial charge in [0.2, 0.25) is 0 Å². The highest BCUT2D eigenvalue weighted by molar-refractivity contribution is 5.11. The summed E-state index contributed by atoms with van der Waals surface area (Å²) in [6, 6.07) is 0.397. The Kier molecular flexibility index (Phi) is 7.49. The van der Waals surface area contributed by atoms with E-state index in [1.807, 2.05) is 10.9 Å². The zero-order valence-corrected chi connectivity index (χ0v) is 12.0. The topological polar surface area (TPSA) is 39.1 Å². The first-order valence-corrected chi connectivity index (χ1v) is 7.11. The second-order valence-electron chi connectivity index (χ2n) is 4.87. The highest BCUT2D eigenvalue weighted by atomic mass is 16.5. The van der Waals surface area contributed by atoms with Crippen LogP contribution in [-0.4, -0.2) is 29.5 Å². The molecule has 0 bridgehead atoms. The highest BCUT2D eigenvalue weighted by Gasteiger charge is 2.01. The van der Waals surface area contributed by atoms with Crippen LogP contribution in [0.5, 0.6) is 5.75 Å². The molecule has 1 aromatic rings. The van der Waals surface area contributed by atoms with Gasteiger partial charge in [-0.1, -0.05) is 19.8 Å². The molecule has 1 aromatic heterocycles. The summed E-state index contributed by atoms with van der Waals surface area (Å²) in [7, 11) is 0. The van der Waals surface area contributed by atoms with Crippen LogP contribution in [0.15, 0.2) is 12.4 Å². The Balaban J connectivity index is 2.00. The first-order chi connectivity index (χ1) is 8.74. The van der Waals surface area contributed by atoms with Gasteiger partial charge in [0.1, 0.15) is 0 Å². The van der Waals surface area contributed by atoms with Gasteiger partial charge in [-0.2, -0.15) is 5.10 Å². The summed E-state index contributed by atoms with van der Waals surface area (Å²) in [6.07, 6.45) is 8.67. The van der Waals surface area contributed by atoms with Gasteiger partial charge in [-0.15, -0.1) is 0 Å². The van der Waals surface area contributed by atoms with Crippen molar-refractivity contribution in [3.05, 3.63) is 12.4 Å². The van der Waals surface area contributed by atoms with E-state index in [9.17, 15) is 0 Å². The zero-order valence-electron chi connectivity index (χ0n) is 12.0. The van der Waals surface area contributed by atoms with Gasteiger partial charge < -0.3 is 10.1 Å². The van der Waals surface area contributed by atoms with E-state index in [-0.39, 0.29) is 0 Å². The van der Waals surface area contributed by atoms with E-state index in [2.05, 4.69) is 31.2 Å². The summed E-state index contributed by atoms with van der Waals surface area (Å²) in [5.41, 5.74) is 0. The molecular formula is C14H27N3O. The Hall–Kier alpha value is -1.03. The molecule has 0 aliphatic heterocycles. The predicted molar refractivity (Wildman–Crippen MR) is 75.1 cm³/mol. The third kappa shape index (κ3) is 6.05. The van der Waals surface area contributed by atoms with Crippen molar-refractivity contribution in [2.24, 2.45) is 0 Å². The minimum absolute atomic E-state index is 0.397. The van der Waals surface area contributed by atoms with Gasteiger partial charge in [0.05, 0.1) is 19.0 Å². The summed E-state index contributed by atoms with van der Waals surface area (Å²) >= 11 is 0. The first-order valence-electron chi connectivity index (χ1n) is 7.11. The lowest BCUT2D eigenvalue weighted by molar-refractivity contribution is 0.304.